The Kier molecular flexibility index (Phi) is 2.74. The van der Waals surface area contributed by atoms with E-state index in [0.717, 1.165) is 0 Å². The minimum absolute atomic E-state index is 0.241. The second-order valence-corrected chi connectivity index (χ2v) is 7.20. The van der Waals surface area contributed by atoms with Gasteiger partial charge >= 0.3 is 0 Å². The Balaban J connectivity index is 2.85. The fourth-order valence-corrected chi connectivity index (χ4v) is 3.93. The van der Waals surface area contributed by atoms with Gasteiger partial charge in [0.05, 0.1) is 17.1 Å². The molecule has 0 aromatic carbocycles. The first-order chi connectivity index (χ1) is 5.75. The lowest BCUT2D eigenvalue weighted by Gasteiger charge is -2.29. The lowest BCUT2D eigenvalue weighted by molar-refractivity contribution is 0.0587. The Labute approximate surface area is 80.1 Å². The maximum Gasteiger partial charge on any atom is 0.155 e. The van der Waals surface area contributed by atoms with Crippen molar-refractivity contribution in [3.8, 4) is 0 Å². The fourth-order valence-electron chi connectivity index (χ4n) is 1.73. The van der Waals surface area contributed by atoms with Crippen LogP contribution in [0.3, 0.4) is 0 Å². The molecule has 0 aromatic heterocycles. The van der Waals surface area contributed by atoms with Gasteiger partial charge < -0.3 is 5.11 Å². The number of aliphatic hydroxyl groups is 1. The second-order valence-electron chi connectivity index (χ2n) is 4.86. The number of aliphatic hydroxyl groups excluding tert-OH is 1. The first-order valence-electron chi connectivity index (χ1n) is 4.65. The van der Waals surface area contributed by atoms with Crippen molar-refractivity contribution in [1.29, 1.82) is 0 Å². The van der Waals surface area contributed by atoms with Crippen LogP contribution in [-0.2, 0) is 9.84 Å². The summed E-state index contributed by atoms with van der Waals surface area (Å²) in [6.45, 7) is 5.60. The number of hydrogen-bond acceptors (Lipinski definition) is 3. The third kappa shape index (κ3) is 2.23. The van der Waals surface area contributed by atoms with Crippen molar-refractivity contribution in [1.82, 2.24) is 0 Å². The van der Waals surface area contributed by atoms with Crippen LogP contribution in [0.4, 0.5) is 0 Å². The number of hydrogen-bond donors (Lipinski definition) is 1. The van der Waals surface area contributed by atoms with Crippen molar-refractivity contribution in [3.05, 3.63) is 0 Å². The average Bonchev–Trinajstić information content (AvgIpc) is 2.26. The molecule has 0 amide bonds. The Hall–Kier alpha value is -0.0900. The molecule has 1 aliphatic rings. The smallest absolute Gasteiger partial charge is 0.155 e. The molecular weight excluding hydrogens is 188 g/mol. The van der Waals surface area contributed by atoms with Gasteiger partial charge in [-0.2, -0.15) is 0 Å². The maximum absolute atomic E-state index is 11.5. The largest absolute Gasteiger partial charge is 0.391 e. The van der Waals surface area contributed by atoms with Gasteiger partial charge in [-0.15, -0.1) is 0 Å². The molecular formula is C9H18O3S. The van der Waals surface area contributed by atoms with E-state index >= 15 is 0 Å². The van der Waals surface area contributed by atoms with Crippen LogP contribution in [-0.4, -0.2) is 30.6 Å². The SMILES string of the molecule is CC(C)(C)[C@@H](O)[C@H]1CCCS1(=O)=O. The van der Waals surface area contributed by atoms with E-state index in [4.69, 9.17) is 0 Å². The average molecular weight is 206 g/mol. The minimum atomic E-state index is -3.02. The van der Waals surface area contributed by atoms with Crippen LogP contribution in [0, 0.1) is 5.41 Å². The van der Waals surface area contributed by atoms with Crippen molar-refractivity contribution in [2.75, 3.05) is 5.75 Å². The zero-order chi connectivity index (χ0) is 10.3. The molecule has 0 spiro atoms. The normalized spacial score (nSPS) is 30.3. The minimum Gasteiger partial charge on any atom is -0.391 e. The molecule has 0 bridgehead atoms. The van der Waals surface area contributed by atoms with E-state index in [2.05, 4.69) is 0 Å². The highest BCUT2D eigenvalue weighted by Gasteiger charge is 2.41. The molecule has 1 N–H and O–H groups in total. The topological polar surface area (TPSA) is 54.4 Å². The fraction of sp³-hybridized carbons (Fsp3) is 1.00. The zero-order valence-electron chi connectivity index (χ0n) is 8.45. The Morgan fingerprint density at radius 2 is 1.92 bits per heavy atom. The Morgan fingerprint density at radius 3 is 2.23 bits per heavy atom. The van der Waals surface area contributed by atoms with Gasteiger partial charge in [0.2, 0.25) is 0 Å². The first kappa shape index (κ1) is 11.0. The van der Waals surface area contributed by atoms with Gasteiger partial charge in [0.25, 0.3) is 0 Å². The first-order valence-corrected chi connectivity index (χ1v) is 6.36. The highest BCUT2D eigenvalue weighted by Crippen LogP contribution is 2.31. The molecule has 1 rings (SSSR count). The molecule has 1 aliphatic heterocycles. The van der Waals surface area contributed by atoms with Gasteiger partial charge in [-0.1, -0.05) is 20.8 Å². The third-order valence-electron chi connectivity index (χ3n) is 2.62. The molecule has 13 heavy (non-hydrogen) atoms. The summed E-state index contributed by atoms with van der Waals surface area (Å²) in [4.78, 5) is 0. The molecule has 0 saturated carbocycles. The summed E-state index contributed by atoms with van der Waals surface area (Å²) >= 11 is 0. The van der Waals surface area contributed by atoms with Crippen LogP contribution in [0.15, 0.2) is 0 Å². The molecule has 4 heteroatoms. The molecule has 3 nitrogen and oxygen atoms in total. The highest BCUT2D eigenvalue weighted by atomic mass is 32.2. The van der Waals surface area contributed by atoms with E-state index in [1.54, 1.807) is 0 Å². The van der Waals surface area contributed by atoms with Crippen LogP contribution in [0.25, 0.3) is 0 Å². The van der Waals surface area contributed by atoms with E-state index in [9.17, 15) is 13.5 Å². The summed E-state index contributed by atoms with van der Waals surface area (Å²) in [6.07, 6.45) is 0.570. The monoisotopic (exact) mass is 206 g/mol. The molecule has 0 aromatic rings. The predicted molar refractivity (Wildman–Crippen MR) is 52.3 cm³/mol. The van der Waals surface area contributed by atoms with Crippen LogP contribution in [0.2, 0.25) is 0 Å². The lowest BCUT2D eigenvalue weighted by Crippen LogP contribution is -2.40. The van der Waals surface area contributed by atoms with Gasteiger partial charge in [-0.25, -0.2) is 8.42 Å². The van der Waals surface area contributed by atoms with Crippen LogP contribution < -0.4 is 0 Å². The summed E-state index contributed by atoms with van der Waals surface area (Å²) in [5.41, 5.74) is -0.345. The Morgan fingerprint density at radius 1 is 1.38 bits per heavy atom. The summed E-state index contributed by atoms with van der Waals surface area (Å²) in [5, 5.41) is 9.31. The summed E-state index contributed by atoms with van der Waals surface area (Å²) in [7, 11) is -3.02. The number of rotatable bonds is 1. The van der Waals surface area contributed by atoms with E-state index in [1.165, 1.54) is 0 Å². The molecule has 0 radical (unpaired) electrons. The van der Waals surface area contributed by atoms with E-state index in [-0.39, 0.29) is 11.2 Å². The van der Waals surface area contributed by atoms with Gasteiger partial charge in [0, 0.05) is 0 Å². The van der Waals surface area contributed by atoms with E-state index in [0.29, 0.717) is 12.8 Å². The molecule has 2 atom stereocenters. The van der Waals surface area contributed by atoms with Crippen molar-refractivity contribution in [2.24, 2.45) is 5.41 Å². The summed E-state index contributed by atoms with van der Waals surface area (Å²) in [6, 6.07) is 0. The van der Waals surface area contributed by atoms with E-state index in [1.807, 2.05) is 20.8 Å². The summed E-state index contributed by atoms with van der Waals surface area (Å²) < 4.78 is 23.0. The van der Waals surface area contributed by atoms with Crippen molar-refractivity contribution in [2.45, 2.75) is 45.0 Å². The van der Waals surface area contributed by atoms with Crippen molar-refractivity contribution < 1.29 is 13.5 Å². The lowest BCUT2D eigenvalue weighted by atomic mass is 9.86. The van der Waals surface area contributed by atoms with Crippen molar-refractivity contribution in [3.63, 3.8) is 0 Å². The van der Waals surface area contributed by atoms with Crippen LogP contribution in [0.1, 0.15) is 33.6 Å². The molecule has 0 aliphatic carbocycles. The number of sulfone groups is 1. The van der Waals surface area contributed by atoms with Gasteiger partial charge in [0.1, 0.15) is 0 Å². The molecule has 1 heterocycles. The van der Waals surface area contributed by atoms with Crippen LogP contribution in [0.5, 0.6) is 0 Å². The Bertz CT molecular complexity index is 274. The predicted octanol–water partition coefficient (Wildman–Crippen LogP) is 0.971. The molecule has 0 unspecified atom stereocenters. The van der Waals surface area contributed by atoms with Gasteiger partial charge in [-0.05, 0) is 18.3 Å². The standard InChI is InChI=1S/C9H18O3S/c1-9(2,3)8(10)7-5-4-6-13(7,11)12/h7-8,10H,4-6H2,1-3H3/t7-,8+/m1/s1. The maximum atomic E-state index is 11.5. The molecule has 1 saturated heterocycles. The second kappa shape index (κ2) is 3.24. The van der Waals surface area contributed by atoms with E-state index < -0.39 is 21.2 Å². The van der Waals surface area contributed by atoms with Crippen molar-refractivity contribution >= 4 is 9.84 Å². The van der Waals surface area contributed by atoms with Gasteiger partial charge in [-0.3, -0.25) is 0 Å². The summed E-state index contributed by atoms with van der Waals surface area (Å²) in [5.74, 6) is 0.241. The highest BCUT2D eigenvalue weighted by molar-refractivity contribution is 7.92. The third-order valence-corrected chi connectivity index (χ3v) is 4.89. The molecule has 78 valence electrons. The van der Waals surface area contributed by atoms with Crippen LogP contribution >= 0.6 is 0 Å². The molecule has 1 fully saturated rings. The zero-order valence-corrected chi connectivity index (χ0v) is 9.26. The quantitative estimate of drug-likeness (QED) is 0.695. The van der Waals surface area contributed by atoms with Gasteiger partial charge in [0.15, 0.2) is 9.84 Å².